The molecule has 2 rings (SSSR count). The minimum atomic E-state index is -0.114. The van der Waals surface area contributed by atoms with Crippen LogP contribution in [0.1, 0.15) is 18.9 Å². The lowest BCUT2D eigenvalue weighted by atomic mass is 10.6. The molecule has 0 aromatic carbocycles. The number of nitrogens with one attached hydrogen (secondary N) is 2. The SMILES string of the molecule is CNc1n[nH]c(=O)n1C1CC1. The molecule has 2 N–H and O–H groups in total. The van der Waals surface area contributed by atoms with E-state index < -0.39 is 0 Å². The second-order valence-electron chi connectivity index (χ2n) is 2.70. The van der Waals surface area contributed by atoms with Gasteiger partial charge in [0.25, 0.3) is 0 Å². The smallest absolute Gasteiger partial charge is 0.345 e. The van der Waals surface area contributed by atoms with Gasteiger partial charge in [0, 0.05) is 13.1 Å². The first-order valence-corrected chi connectivity index (χ1v) is 3.67. The van der Waals surface area contributed by atoms with Crippen molar-refractivity contribution < 1.29 is 0 Å². The van der Waals surface area contributed by atoms with E-state index in [9.17, 15) is 4.79 Å². The molecule has 60 valence electrons. The number of rotatable bonds is 2. The molecule has 1 aromatic heterocycles. The molecule has 0 aliphatic heterocycles. The number of anilines is 1. The number of aromatic nitrogens is 3. The van der Waals surface area contributed by atoms with Crippen LogP contribution in [-0.4, -0.2) is 21.8 Å². The number of hydrogen-bond donors (Lipinski definition) is 2. The molecule has 1 saturated carbocycles. The number of H-pyrrole nitrogens is 1. The first-order chi connectivity index (χ1) is 5.33. The summed E-state index contributed by atoms with van der Waals surface area (Å²) in [5.41, 5.74) is -0.114. The minimum absolute atomic E-state index is 0.114. The van der Waals surface area contributed by atoms with Gasteiger partial charge in [0.1, 0.15) is 0 Å². The molecule has 11 heavy (non-hydrogen) atoms. The lowest BCUT2D eigenvalue weighted by Crippen LogP contribution is -2.16. The summed E-state index contributed by atoms with van der Waals surface area (Å²) < 4.78 is 1.67. The topological polar surface area (TPSA) is 62.7 Å². The molecule has 5 nitrogen and oxygen atoms in total. The Bertz CT molecular complexity index is 309. The van der Waals surface area contributed by atoms with Crippen LogP contribution in [0.15, 0.2) is 4.79 Å². The van der Waals surface area contributed by atoms with Gasteiger partial charge in [0.2, 0.25) is 5.95 Å². The summed E-state index contributed by atoms with van der Waals surface area (Å²) >= 11 is 0. The van der Waals surface area contributed by atoms with Gasteiger partial charge >= 0.3 is 5.69 Å². The fourth-order valence-corrected chi connectivity index (χ4v) is 1.15. The number of hydrogen-bond acceptors (Lipinski definition) is 3. The lowest BCUT2D eigenvalue weighted by Gasteiger charge is -1.99. The first-order valence-electron chi connectivity index (χ1n) is 3.67. The van der Waals surface area contributed by atoms with E-state index in [-0.39, 0.29) is 5.69 Å². The van der Waals surface area contributed by atoms with Crippen molar-refractivity contribution >= 4 is 5.95 Å². The lowest BCUT2D eigenvalue weighted by molar-refractivity contribution is 0.716. The van der Waals surface area contributed by atoms with E-state index in [0.29, 0.717) is 12.0 Å². The highest BCUT2D eigenvalue weighted by atomic mass is 16.2. The zero-order valence-electron chi connectivity index (χ0n) is 6.29. The second kappa shape index (κ2) is 2.11. The fourth-order valence-electron chi connectivity index (χ4n) is 1.15. The van der Waals surface area contributed by atoms with Gasteiger partial charge in [-0.25, -0.2) is 9.89 Å². The van der Waals surface area contributed by atoms with Crippen molar-refractivity contribution in [2.75, 3.05) is 12.4 Å². The Kier molecular flexibility index (Phi) is 1.24. The Morgan fingerprint density at radius 2 is 2.45 bits per heavy atom. The molecule has 1 aromatic rings. The van der Waals surface area contributed by atoms with Gasteiger partial charge in [-0.3, -0.25) is 4.57 Å². The molecule has 0 atom stereocenters. The molecular weight excluding hydrogens is 144 g/mol. The number of nitrogens with zero attached hydrogens (tertiary/aromatic N) is 2. The van der Waals surface area contributed by atoms with E-state index in [0.717, 1.165) is 12.8 Å². The fraction of sp³-hybridized carbons (Fsp3) is 0.667. The summed E-state index contributed by atoms with van der Waals surface area (Å²) in [6.45, 7) is 0. The van der Waals surface area contributed by atoms with Crippen LogP contribution in [0.25, 0.3) is 0 Å². The van der Waals surface area contributed by atoms with Crippen molar-refractivity contribution in [2.24, 2.45) is 0 Å². The van der Waals surface area contributed by atoms with Gasteiger partial charge in [-0.05, 0) is 12.8 Å². The Balaban J connectivity index is 2.46. The van der Waals surface area contributed by atoms with Crippen LogP contribution in [0.4, 0.5) is 5.95 Å². The van der Waals surface area contributed by atoms with Gasteiger partial charge < -0.3 is 5.32 Å². The van der Waals surface area contributed by atoms with E-state index in [1.165, 1.54) is 0 Å². The molecule has 0 radical (unpaired) electrons. The van der Waals surface area contributed by atoms with Crippen molar-refractivity contribution in [2.45, 2.75) is 18.9 Å². The molecular formula is C6H10N4O. The second-order valence-corrected chi connectivity index (χ2v) is 2.70. The first kappa shape index (κ1) is 6.45. The van der Waals surface area contributed by atoms with Gasteiger partial charge in [-0.15, -0.1) is 5.10 Å². The van der Waals surface area contributed by atoms with Crippen LogP contribution in [0.5, 0.6) is 0 Å². The van der Waals surface area contributed by atoms with E-state index in [1.54, 1.807) is 11.6 Å². The molecule has 0 bridgehead atoms. The Morgan fingerprint density at radius 3 is 3.00 bits per heavy atom. The van der Waals surface area contributed by atoms with Crippen molar-refractivity contribution in [3.8, 4) is 0 Å². The maximum Gasteiger partial charge on any atom is 0.345 e. The highest BCUT2D eigenvalue weighted by molar-refractivity contribution is 5.23. The third-order valence-corrected chi connectivity index (χ3v) is 1.84. The summed E-state index contributed by atoms with van der Waals surface area (Å²) in [6, 6.07) is 0.378. The third kappa shape index (κ3) is 0.923. The minimum Gasteiger partial charge on any atom is -0.357 e. The van der Waals surface area contributed by atoms with Gasteiger partial charge in [-0.2, -0.15) is 0 Å². The van der Waals surface area contributed by atoms with Crippen LogP contribution in [-0.2, 0) is 0 Å². The standard InChI is InChI=1S/C6H10N4O/c1-7-5-8-9-6(11)10(5)4-2-3-4/h4H,2-3H2,1H3,(H,7,8)(H,9,11). The van der Waals surface area contributed by atoms with Gasteiger partial charge in [0.15, 0.2) is 0 Å². The molecule has 1 aliphatic rings. The highest BCUT2D eigenvalue weighted by Gasteiger charge is 2.27. The van der Waals surface area contributed by atoms with Crippen LogP contribution >= 0.6 is 0 Å². The van der Waals surface area contributed by atoms with Gasteiger partial charge in [0.05, 0.1) is 0 Å². The summed E-state index contributed by atoms with van der Waals surface area (Å²) in [5, 5.41) is 9.07. The van der Waals surface area contributed by atoms with Crippen LogP contribution in [0.2, 0.25) is 0 Å². The Labute approximate surface area is 63.4 Å². The van der Waals surface area contributed by atoms with Crippen molar-refractivity contribution in [1.29, 1.82) is 0 Å². The normalized spacial score (nSPS) is 16.8. The number of aromatic amines is 1. The predicted octanol–water partition coefficient (Wildman–Crippen LogP) is -0.0520. The summed E-state index contributed by atoms with van der Waals surface area (Å²) in [6.07, 6.45) is 2.18. The van der Waals surface area contributed by atoms with E-state index in [4.69, 9.17) is 0 Å². The highest BCUT2D eigenvalue weighted by Crippen LogP contribution is 2.34. The molecule has 0 amide bonds. The average Bonchev–Trinajstić information content (AvgIpc) is 2.76. The van der Waals surface area contributed by atoms with Crippen LogP contribution in [0.3, 0.4) is 0 Å². The Hall–Kier alpha value is -1.26. The zero-order chi connectivity index (χ0) is 7.84. The van der Waals surface area contributed by atoms with E-state index in [1.807, 2.05) is 0 Å². The molecule has 0 spiro atoms. The summed E-state index contributed by atoms with van der Waals surface area (Å²) in [4.78, 5) is 11.1. The quantitative estimate of drug-likeness (QED) is 0.627. The Morgan fingerprint density at radius 1 is 1.73 bits per heavy atom. The van der Waals surface area contributed by atoms with Gasteiger partial charge in [-0.1, -0.05) is 0 Å². The molecule has 1 fully saturated rings. The maximum absolute atomic E-state index is 11.1. The summed E-state index contributed by atoms with van der Waals surface area (Å²) in [5.74, 6) is 0.637. The molecule has 0 unspecified atom stereocenters. The average molecular weight is 154 g/mol. The van der Waals surface area contributed by atoms with E-state index in [2.05, 4.69) is 15.5 Å². The molecule has 1 aliphatic carbocycles. The third-order valence-electron chi connectivity index (χ3n) is 1.84. The molecule has 1 heterocycles. The van der Waals surface area contributed by atoms with Crippen molar-refractivity contribution in [3.05, 3.63) is 10.5 Å². The summed E-state index contributed by atoms with van der Waals surface area (Å²) in [7, 11) is 1.76. The maximum atomic E-state index is 11.1. The van der Waals surface area contributed by atoms with Crippen LogP contribution in [0, 0.1) is 0 Å². The van der Waals surface area contributed by atoms with E-state index >= 15 is 0 Å². The molecule has 0 saturated heterocycles. The van der Waals surface area contributed by atoms with Crippen LogP contribution < -0.4 is 11.0 Å². The predicted molar refractivity (Wildman–Crippen MR) is 40.7 cm³/mol. The van der Waals surface area contributed by atoms with Crippen molar-refractivity contribution in [1.82, 2.24) is 14.8 Å². The monoisotopic (exact) mass is 154 g/mol. The largest absolute Gasteiger partial charge is 0.357 e. The zero-order valence-corrected chi connectivity index (χ0v) is 6.29. The molecule has 5 heteroatoms. The van der Waals surface area contributed by atoms with Crippen molar-refractivity contribution in [3.63, 3.8) is 0 Å².